The summed E-state index contributed by atoms with van der Waals surface area (Å²) in [5.41, 5.74) is -0.710. The number of rotatable bonds is 5. The van der Waals surface area contributed by atoms with E-state index in [4.69, 9.17) is 11.6 Å². The van der Waals surface area contributed by atoms with E-state index < -0.39 is 5.60 Å². The molecule has 3 nitrogen and oxygen atoms in total. The Morgan fingerprint density at radius 3 is 2.57 bits per heavy atom. The third-order valence-corrected chi connectivity index (χ3v) is 5.24. The Morgan fingerprint density at radius 2 is 1.95 bits per heavy atom. The molecule has 2 rings (SSSR count). The number of carbonyl (C=O) groups is 1. The summed E-state index contributed by atoms with van der Waals surface area (Å²) in [6.45, 7) is 2.23. The Kier molecular flexibility index (Phi) is 5.97. The molecule has 1 fully saturated rings. The Balaban J connectivity index is 1.80. The molecule has 0 radical (unpaired) electrons. The van der Waals surface area contributed by atoms with E-state index in [1.807, 2.05) is 31.2 Å². The Morgan fingerprint density at radius 1 is 1.33 bits per heavy atom. The largest absolute Gasteiger partial charge is 0.388 e. The number of thioether (sulfide) groups is 1. The van der Waals surface area contributed by atoms with Crippen molar-refractivity contribution in [2.75, 3.05) is 6.54 Å². The fourth-order valence-corrected chi connectivity index (χ4v) is 3.57. The SMILES string of the molecule is CC(Sc1ccc(Cl)cc1)C(=O)NCC1(O)CCCCC1. The van der Waals surface area contributed by atoms with Crippen LogP contribution in [0.2, 0.25) is 5.02 Å². The van der Waals surface area contributed by atoms with Crippen LogP contribution in [0.25, 0.3) is 0 Å². The van der Waals surface area contributed by atoms with Crippen molar-refractivity contribution in [3.63, 3.8) is 0 Å². The second-order valence-corrected chi connectivity index (χ2v) is 7.57. The summed E-state index contributed by atoms with van der Waals surface area (Å²) < 4.78 is 0. The van der Waals surface area contributed by atoms with Gasteiger partial charge in [-0.25, -0.2) is 0 Å². The number of nitrogens with one attached hydrogen (secondary N) is 1. The van der Waals surface area contributed by atoms with Crippen molar-refractivity contribution in [3.05, 3.63) is 29.3 Å². The van der Waals surface area contributed by atoms with Crippen molar-refractivity contribution in [1.82, 2.24) is 5.32 Å². The summed E-state index contributed by atoms with van der Waals surface area (Å²) in [5, 5.41) is 13.8. The van der Waals surface area contributed by atoms with Crippen LogP contribution >= 0.6 is 23.4 Å². The van der Waals surface area contributed by atoms with Crippen LogP contribution in [0.4, 0.5) is 0 Å². The van der Waals surface area contributed by atoms with Gasteiger partial charge in [0.2, 0.25) is 5.91 Å². The van der Waals surface area contributed by atoms with Gasteiger partial charge in [-0.1, -0.05) is 30.9 Å². The summed E-state index contributed by atoms with van der Waals surface area (Å²) in [4.78, 5) is 13.1. The molecule has 1 unspecified atom stereocenters. The van der Waals surface area contributed by atoms with Crippen LogP contribution in [0.3, 0.4) is 0 Å². The van der Waals surface area contributed by atoms with Crippen molar-refractivity contribution in [2.24, 2.45) is 0 Å². The van der Waals surface area contributed by atoms with Crippen LogP contribution in [0.1, 0.15) is 39.0 Å². The molecular weight excluding hydrogens is 306 g/mol. The monoisotopic (exact) mass is 327 g/mol. The highest BCUT2D eigenvalue weighted by molar-refractivity contribution is 8.00. The number of carbonyl (C=O) groups excluding carboxylic acids is 1. The molecule has 0 saturated heterocycles. The smallest absolute Gasteiger partial charge is 0.233 e. The zero-order chi connectivity index (χ0) is 15.3. The van der Waals surface area contributed by atoms with Gasteiger partial charge in [-0.2, -0.15) is 0 Å². The molecule has 2 N–H and O–H groups in total. The van der Waals surface area contributed by atoms with Gasteiger partial charge < -0.3 is 10.4 Å². The van der Waals surface area contributed by atoms with Crippen LogP contribution in [0.5, 0.6) is 0 Å². The lowest BCUT2D eigenvalue weighted by molar-refractivity contribution is -0.121. The maximum atomic E-state index is 12.1. The Hall–Kier alpha value is -0.710. The Labute approximate surface area is 135 Å². The number of amides is 1. The third kappa shape index (κ3) is 5.20. The Bertz CT molecular complexity index is 472. The van der Waals surface area contributed by atoms with Crippen LogP contribution in [-0.4, -0.2) is 28.4 Å². The molecule has 1 aromatic carbocycles. The number of hydrogen-bond donors (Lipinski definition) is 2. The first-order valence-electron chi connectivity index (χ1n) is 7.41. The lowest BCUT2D eigenvalue weighted by atomic mass is 9.85. The molecule has 1 atom stereocenters. The molecule has 0 bridgehead atoms. The molecule has 21 heavy (non-hydrogen) atoms. The minimum Gasteiger partial charge on any atom is -0.388 e. The predicted octanol–water partition coefficient (Wildman–Crippen LogP) is 3.63. The summed E-state index contributed by atoms with van der Waals surface area (Å²) in [6.07, 6.45) is 4.83. The van der Waals surface area contributed by atoms with Crippen molar-refractivity contribution < 1.29 is 9.90 Å². The maximum Gasteiger partial charge on any atom is 0.233 e. The van der Waals surface area contributed by atoms with Crippen LogP contribution in [0.15, 0.2) is 29.2 Å². The molecule has 0 aromatic heterocycles. The quantitative estimate of drug-likeness (QED) is 0.812. The van der Waals surface area contributed by atoms with Gasteiger partial charge in [-0.15, -0.1) is 11.8 Å². The fourth-order valence-electron chi connectivity index (χ4n) is 2.55. The summed E-state index contributed by atoms with van der Waals surface area (Å²) in [5.74, 6) is -0.0334. The lowest BCUT2D eigenvalue weighted by Gasteiger charge is -2.32. The molecule has 1 aliphatic rings. The van der Waals surface area contributed by atoms with Gasteiger partial charge in [-0.05, 0) is 44.0 Å². The minimum atomic E-state index is -0.710. The van der Waals surface area contributed by atoms with Gasteiger partial charge in [0.15, 0.2) is 0 Å². The highest BCUT2D eigenvalue weighted by Crippen LogP contribution is 2.28. The molecular formula is C16H22ClNO2S. The molecule has 0 spiro atoms. The number of hydrogen-bond acceptors (Lipinski definition) is 3. The van der Waals surface area contributed by atoms with Gasteiger partial charge in [0.1, 0.15) is 0 Å². The molecule has 5 heteroatoms. The normalized spacial score (nSPS) is 19.0. The summed E-state index contributed by atoms with van der Waals surface area (Å²) in [7, 11) is 0. The third-order valence-electron chi connectivity index (χ3n) is 3.87. The summed E-state index contributed by atoms with van der Waals surface area (Å²) >= 11 is 7.34. The minimum absolute atomic E-state index is 0.0334. The number of benzene rings is 1. The topological polar surface area (TPSA) is 49.3 Å². The molecule has 1 aliphatic carbocycles. The van der Waals surface area contributed by atoms with E-state index in [2.05, 4.69) is 5.32 Å². The van der Waals surface area contributed by atoms with Gasteiger partial charge in [0.05, 0.1) is 10.9 Å². The average molecular weight is 328 g/mol. The van der Waals surface area contributed by atoms with E-state index in [1.165, 1.54) is 18.2 Å². The zero-order valence-electron chi connectivity index (χ0n) is 12.3. The van der Waals surface area contributed by atoms with Crippen molar-refractivity contribution in [1.29, 1.82) is 0 Å². The van der Waals surface area contributed by atoms with E-state index in [0.717, 1.165) is 30.6 Å². The van der Waals surface area contributed by atoms with Crippen molar-refractivity contribution in [2.45, 2.75) is 54.8 Å². The predicted molar refractivity (Wildman–Crippen MR) is 87.8 cm³/mol. The fraction of sp³-hybridized carbons (Fsp3) is 0.562. The van der Waals surface area contributed by atoms with Crippen LogP contribution < -0.4 is 5.32 Å². The number of aliphatic hydroxyl groups is 1. The van der Waals surface area contributed by atoms with E-state index in [1.54, 1.807) is 0 Å². The highest BCUT2D eigenvalue weighted by atomic mass is 35.5. The van der Waals surface area contributed by atoms with E-state index in [-0.39, 0.29) is 11.2 Å². The van der Waals surface area contributed by atoms with Crippen molar-refractivity contribution in [3.8, 4) is 0 Å². The molecule has 0 aliphatic heterocycles. The van der Waals surface area contributed by atoms with Crippen LogP contribution in [0, 0.1) is 0 Å². The molecule has 116 valence electrons. The van der Waals surface area contributed by atoms with Gasteiger partial charge in [-0.3, -0.25) is 4.79 Å². The first-order chi connectivity index (χ1) is 9.98. The van der Waals surface area contributed by atoms with Gasteiger partial charge >= 0.3 is 0 Å². The lowest BCUT2D eigenvalue weighted by Crippen LogP contribution is -2.46. The van der Waals surface area contributed by atoms with E-state index in [0.29, 0.717) is 11.6 Å². The molecule has 1 amide bonds. The molecule has 0 heterocycles. The molecule has 1 aromatic rings. The van der Waals surface area contributed by atoms with Crippen molar-refractivity contribution >= 4 is 29.3 Å². The second-order valence-electron chi connectivity index (χ2n) is 5.72. The van der Waals surface area contributed by atoms with Gasteiger partial charge in [0.25, 0.3) is 0 Å². The van der Waals surface area contributed by atoms with E-state index in [9.17, 15) is 9.90 Å². The average Bonchev–Trinajstić information content (AvgIpc) is 2.48. The van der Waals surface area contributed by atoms with Gasteiger partial charge in [0, 0.05) is 16.5 Å². The maximum absolute atomic E-state index is 12.1. The zero-order valence-corrected chi connectivity index (χ0v) is 13.8. The standard InChI is InChI=1S/C16H22ClNO2S/c1-12(21-14-7-5-13(17)6-8-14)15(19)18-11-16(20)9-3-2-4-10-16/h5-8,12,20H,2-4,9-11H2,1H3,(H,18,19). The summed E-state index contributed by atoms with van der Waals surface area (Å²) in [6, 6.07) is 7.45. The van der Waals surface area contributed by atoms with E-state index >= 15 is 0 Å². The first kappa shape index (κ1) is 16.7. The molecule has 1 saturated carbocycles. The second kappa shape index (κ2) is 7.52. The number of halogens is 1. The van der Waals surface area contributed by atoms with Crippen LogP contribution in [-0.2, 0) is 4.79 Å². The highest BCUT2D eigenvalue weighted by Gasteiger charge is 2.30. The first-order valence-corrected chi connectivity index (χ1v) is 8.67.